The average Bonchev–Trinajstić information content (AvgIpc) is 2.87. The Morgan fingerprint density at radius 1 is 1.22 bits per heavy atom. The minimum Gasteiger partial charge on any atom is -0.373 e. The highest BCUT2D eigenvalue weighted by Gasteiger charge is 2.61. The van der Waals surface area contributed by atoms with Crippen LogP contribution in [0.15, 0.2) is 35.4 Å². The van der Waals surface area contributed by atoms with Crippen molar-refractivity contribution in [3.8, 4) is 0 Å². The van der Waals surface area contributed by atoms with E-state index in [-0.39, 0.29) is 28.9 Å². The highest BCUT2D eigenvalue weighted by molar-refractivity contribution is 5.87. The summed E-state index contributed by atoms with van der Waals surface area (Å²) in [4.78, 5) is 35.9. The maximum atomic E-state index is 14.8. The molecule has 3 atom stereocenters. The van der Waals surface area contributed by atoms with Gasteiger partial charge in [0.2, 0.25) is 5.91 Å². The number of aryl methyl sites for hydroxylation is 1. The number of pyridine rings is 1. The van der Waals surface area contributed by atoms with Gasteiger partial charge in [0.15, 0.2) is 0 Å². The molecule has 37 heavy (non-hydrogen) atoms. The largest absolute Gasteiger partial charge is 0.373 e. The van der Waals surface area contributed by atoms with Gasteiger partial charge >= 0.3 is 0 Å². The second kappa shape index (κ2) is 9.13. The molecule has 8 nitrogen and oxygen atoms in total. The van der Waals surface area contributed by atoms with Crippen LogP contribution in [0.2, 0.25) is 0 Å². The maximum Gasteiger partial charge on any atom is 0.266 e. The molecule has 1 N–H and O–H groups in total. The third-order valence-electron chi connectivity index (χ3n) is 7.99. The number of nitrogens with zero attached hydrogens (tertiary/aromatic N) is 4. The summed E-state index contributed by atoms with van der Waals surface area (Å²) in [6.07, 6.45) is -0.807. The number of fused-ring (bicyclic) bond motifs is 3. The summed E-state index contributed by atoms with van der Waals surface area (Å²) in [5.74, 6) is -0.743. The van der Waals surface area contributed by atoms with Crippen molar-refractivity contribution in [1.82, 2.24) is 19.4 Å². The Morgan fingerprint density at radius 3 is 2.51 bits per heavy atom. The van der Waals surface area contributed by atoms with Gasteiger partial charge in [-0.2, -0.15) is 0 Å². The van der Waals surface area contributed by atoms with Crippen molar-refractivity contribution >= 4 is 22.8 Å². The summed E-state index contributed by atoms with van der Waals surface area (Å²) >= 11 is 0. The first-order chi connectivity index (χ1) is 17.6. The standard InChI is InChI=1S/C26H28F3N5O3/c1-13(17-6-5-7-18(21(17)27)22(28)29)32-23-19-9-20(25(36)33(3)24(19)31-12-30-23)26(37-4)15-8-16(26)11-34(10-15)14(2)35/h5-7,9,12-13,15-16,22H,8,10-11H2,1-4H3,(H,30,31,32)/t13-,15?,16?,26?/m1/s1. The van der Waals surface area contributed by atoms with Crippen LogP contribution < -0.4 is 10.9 Å². The number of carbonyl (C=O) groups excluding carboxylic acids is 1. The molecule has 1 amide bonds. The summed E-state index contributed by atoms with van der Waals surface area (Å²) < 4.78 is 48.8. The molecule has 1 aromatic carbocycles. The first-order valence-electron chi connectivity index (χ1n) is 12.1. The zero-order valence-electron chi connectivity index (χ0n) is 21.0. The van der Waals surface area contributed by atoms with E-state index in [2.05, 4.69) is 15.3 Å². The molecular formula is C26H28F3N5O3. The van der Waals surface area contributed by atoms with Crippen LogP contribution in [0.5, 0.6) is 0 Å². The van der Waals surface area contributed by atoms with Crippen molar-refractivity contribution in [2.45, 2.75) is 38.3 Å². The zero-order valence-corrected chi connectivity index (χ0v) is 21.0. The molecule has 0 radical (unpaired) electrons. The van der Waals surface area contributed by atoms with E-state index in [9.17, 15) is 22.8 Å². The Morgan fingerprint density at radius 2 is 1.89 bits per heavy atom. The van der Waals surface area contributed by atoms with E-state index >= 15 is 0 Å². The van der Waals surface area contributed by atoms with Crippen LogP contribution in [-0.4, -0.2) is 45.5 Å². The van der Waals surface area contributed by atoms with E-state index in [4.69, 9.17) is 4.74 Å². The molecule has 196 valence electrons. The zero-order chi connectivity index (χ0) is 26.6. The number of aromatic nitrogens is 3. The molecule has 2 bridgehead atoms. The quantitative estimate of drug-likeness (QED) is 0.536. The summed E-state index contributed by atoms with van der Waals surface area (Å²) in [5.41, 5.74) is -0.894. The number of anilines is 1. The number of carbonyl (C=O) groups is 1. The van der Waals surface area contributed by atoms with Gasteiger partial charge in [0.25, 0.3) is 12.0 Å². The van der Waals surface area contributed by atoms with Gasteiger partial charge in [0.1, 0.15) is 29.2 Å². The number of alkyl halides is 2. The first kappa shape index (κ1) is 25.2. The minimum atomic E-state index is -2.93. The molecule has 1 saturated carbocycles. The van der Waals surface area contributed by atoms with Crippen LogP contribution in [0.4, 0.5) is 19.0 Å². The Labute approximate surface area is 211 Å². The molecule has 3 heterocycles. The van der Waals surface area contributed by atoms with Crippen molar-refractivity contribution in [3.05, 3.63) is 63.5 Å². The van der Waals surface area contributed by atoms with E-state index in [1.165, 1.54) is 30.0 Å². The molecule has 1 aliphatic carbocycles. The van der Waals surface area contributed by atoms with Crippen molar-refractivity contribution in [1.29, 1.82) is 0 Å². The normalized spacial score (nSPS) is 23.7. The van der Waals surface area contributed by atoms with Crippen LogP contribution in [0.3, 0.4) is 0 Å². The minimum absolute atomic E-state index is 0.0113. The van der Waals surface area contributed by atoms with Crippen LogP contribution in [0.25, 0.3) is 11.0 Å². The molecule has 2 aromatic heterocycles. The SMILES string of the molecule is COC1(c2cc3c(N[C@H](C)c4cccc(C(F)F)c4F)ncnc3n(C)c2=O)C2CC1CN(C(C)=O)C2. The van der Waals surface area contributed by atoms with E-state index in [1.54, 1.807) is 32.0 Å². The van der Waals surface area contributed by atoms with Gasteiger partial charge in [-0.1, -0.05) is 18.2 Å². The molecule has 11 heteroatoms. The van der Waals surface area contributed by atoms with Crippen molar-refractivity contribution in [2.75, 3.05) is 25.5 Å². The van der Waals surface area contributed by atoms with Crippen molar-refractivity contribution in [3.63, 3.8) is 0 Å². The number of hydrogen-bond acceptors (Lipinski definition) is 6. The van der Waals surface area contributed by atoms with Crippen LogP contribution in [-0.2, 0) is 22.2 Å². The summed E-state index contributed by atoms with van der Waals surface area (Å²) in [5, 5.41) is 3.63. The van der Waals surface area contributed by atoms with Gasteiger partial charge in [0.05, 0.1) is 22.6 Å². The number of benzene rings is 1. The molecule has 3 aromatic rings. The topological polar surface area (TPSA) is 89.3 Å². The highest BCUT2D eigenvalue weighted by Crippen LogP contribution is 2.56. The number of ether oxygens (including phenoxy) is 1. The van der Waals surface area contributed by atoms with E-state index in [0.717, 1.165) is 12.5 Å². The number of hydrogen-bond donors (Lipinski definition) is 1. The molecule has 1 aliphatic heterocycles. The second-order valence-electron chi connectivity index (χ2n) is 9.85. The van der Waals surface area contributed by atoms with Crippen molar-refractivity contribution in [2.24, 2.45) is 18.9 Å². The number of halogens is 3. The maximum absolute atomic E-state index is 14.8. The molecule has 2 fully saturated rings. The number of nitrogens with one attached hydrogen (secondary N) is 1. The Bertz CT molecular complexity index is 1430. The summed E-state index contributed by atoms with van der Waals surface area (Å²) in [6, 6.07) is 4.90. The molecule has 0 spiro atoms. The van der Waals surface area contributed by atoms with Gasteiger partial charge in [-0.05, 0) is 19.4 Å². The van der Waals surface area contributed by atoms with Gasteiger partial charge < -0.3 is 15.0 Å². The van der Waals surface area contributed by atoms with E-state index < -0.39 is 29.4 Å². The van der Waals surface area contributed by atoms with Crippen LogP contribution in [0.1, 0.15) is 49.4 Å². The predicted molar refractivity (Wildman–Crippen MR) is 131 cm³/mol. The Hall–Kier alpha value is -3.47. The number of piperidine rings is 2. The van der Waals surface area contributed by atoms with Crippen LogP contribution in [0, 0.1) is 17.7 Å². The molecule has 1 saturated heterocycles. The lowest BCUT2D eigenvalue weighted by Crippen LogP contribution is -2.67. The van der Waals surface area contributed by atoms with Crippen molar-refractivity contribution < 1.29 is 22.7 Å². The number of likely N-dealkylation sites (tertiary alicyclic amines) is 1. The lowest BCUT2D eigenvalue weighted by molar-refractivity contribution is -0.222. The smallest absolute Gasteiger partial charge is 0.266 e. The Balaban J connectivity index is 1.58. The van der Waals surface area contributed by atoms with Gasteiger partial charge in [-0.25, -0.2) is 23.1 Å². The monoisotopic (exact) mass is 515 g/mol. The molecular weight excluding hydrogens is 487 g/mol. The second-order valence-corrected chi connectivity index (χ2v) is 9.85. The fraction of sp³-hybridized carbons (Fsp3) is 0.462. The fourth-order valence-corrected chi connectivity index (χ4v) is 6.05. The first-order valence-corrected chi connectivity index (χ1v) is 12.1. The van der Waals surface area contributed by atoms with Gasteiger partial charge in [0, 0.05) is 51.6 Å². The van der Waals surface area contributed by atoms with Gasteiger partial charge in [-0.3, -0.25) is 14.2 Å². The number of amides is 1. The molecule has 2 aliphatic rings. The van der Waals surface area contributed by atoms with Gasteiger partial charge in [-0.15, -0.1) is 0 Å². The summed E-state index contributed by atoms with van der Waals surface area (Å²) in [7, 11) is 3.19. The number of rotatable bonds is 6. The molecule has 5 rings (SSSR count). The lowest BCUT2D eigenvalue weighted by Gasteiger charge is -2.61. The number of methoxy groups -OCH3 is 1. The summed E-state index contributed by atoms with van der Waals surface area (Å²) in [6.45, 7) is 4.17. The van der Waals surface area contributed by atoms with E-state index in [1.807, 2.05) is 0 Å². The molecule has 2 unspecified atom stereocenters. The third-order valence-corrected chi connectivity index (χ3v) is 7.99. The Kier molecular flexibility index (Phi) is 6.21. The van der Waals surface area contributed by atoms with E-state index in [0.29, 0.717) is 35.5 Å². The highest BCUT2D eigenvalue weighted by atomic mass is 19.3. The average molecular weight is 516 g/mol. The third kappa shape index (κ3) is 3.78. The predicted octanol–water partition coefficient (Wildman–Crippen LogP) is 3.92. The fourth-order valence-electron chi connectivity index (χ4n) is 6.05. The lowest BCUT2D eigenvalue weighted by atomic mass is 9.55. The van der Waals surface area contributed by atoms with Crippen LogP contribution >= 0.6 is 0 Å².